The Morgan fingerprint density at radius 3 is 2.80 bits per heavy atom. The first-order valence-electron chi connectivity index (χ1n) is 7.81. The molecule has 128 valence electrons. The molecular weight excluding hydrogens is 340 g/mol. The molecule has 0 fully saturated rings. The highest BCUT2D eigenvalue weighted by Crippen LogP contribution is 2.38. The van der Waals surface area contributed by atoms with Gasteiger partial charge in [0.25, 0.3) is 0 Å². The van der Waals surface area contributed by atoms with E-state index in [0.717, 1.165) is 28.8 Å². The van der Waals surface area contributed by atoms with Crippen LogP contribution in [0.5, 0.6) is 5.88 Å². The number of nitrogens with zero attached hydrogens (tertiary/aromatic N) is 4. The van der Waals surface area contributed by atoms with Crippen LogP contribution in [0.2, 0.25) is 0 Å². The standard InChI is InChI=1S/C18H16N4O2.ClH/c23-16-5-4-14-15(12-8-19-11-20-9-12)7-17(22-18(14)16)24-10-13-3-1-2-6-21-13;/h1-3,6-9,11,16,23H,4-5,10H2;1H. The van der Waals surface area contributed by atoms with Crippen LogP contribution in [0.4, 0.5) is 0 Å². The highest BCUT2D eigenvalue weighted by atomic mass is 35.5. The van der Waals surface area contributed by atoms with Gasteiger partial charge in [-0.15, -0.1) is 12.4 Å². The number of hydrogen-bond acceptors (Lipinski definition) is 6. The number of aromatic nitrogens is 4. The molecule has 1 aliphatic rings. The van der Waals surface area contributed by atoms with Gasteiger partial charge in [0.2, 0.25) is 5.88 Å². The average molecular weight is 357 g/mol. The molecule has 6 nitrogen and oxygen atoms in total. The van der Waals surface area contributed by atoms with Crippen molar-refractivity contribution in [3.05, 3.63) is 66.1 Å². The smallest absolute Gasteiger partial charge is 0.214 e. The summed E-state index contributed by atoms with van der Waals surface area (Å²) in [5.41, 5.74) is 4.42. The van der Waals surface area contributed by atoms with Crippen LogP contribution in [0, 0.1) is 0 Å². The summed E-state index contributed by atoms with van der Waals surface area (Å²) in [6.07, 6.45) is 7.65. The number of rotatable bonds is 4. The van der Waals surface area contributed by atoms with Crippen LogP contribution in [0.3, 0.4) is 0 Å². The average Bonchev–Trinajstić information content (AvgIpc) is 3.02. The Labute approximate surface area is 151 Å². The summed E-state index contributed by atoms with van der Waals surface area (Å²) < 4.78 is 5.80. The predicted octanol–water partition coefficient (Wildman–Crippen LogP) is 2.91. The number of aliphatic hydroxyl groups excluding tert-OH is 1. The van der Waals surface area contributed by atoms with Gasteiger partial charge in [-0.25, -0.2) is 15.0 Å². The molecule has 0 amide bonds. The number of pyridine rings is 2. The molecule has 0 bridgehead atoms. The molecule has 0 radical (unpaired) electrons. The van der Waals surface area contributed by atoms with Gasteiger partial charge in [0, 0.05) is 30.2 Å². The van der Waals surface area contributed by atoms with Crippen molar-refractivity contribution >= 4 is 12.4 Å². The molecule has 0 aliphatic heterocycles. The summed E-state index contributed by atoms with van der Waals surface area (Å²) in [5.74, 6) is 0.471. The van der Waals surface area contributed by atoms with Crippen LogP contribution in [0.1, 0.15) is 29.5 Å². The van der Waals surface area contributed by atoms with Crippen molar-refractivity contribution in [2.24, 2.45) is 0 Å². The minimum atomic E-state index is -0.554. The Hall–Kier alpha value is -2.57. The maximum absolute atomic E-state index is 10.2. The van der Waals surface area contributed by atoms with Crippen LogP contribution in [-0.2, 0) is 13.0 Å². The molecule has 3 aromatic rings. The van der Waals surface area contributed by atoms with Gasteiger partial charge < -0.3 is 9.84 Å². The topological polar surface area (TPSA) is 81.0 Å². The van der Waals surface area contributed by atoms with E-state index in [2.05, 4.69) is 19.9 Å². The number of hydrogen-bond donors (Lipinski definition) is 1. The molecular formula is C18H17ClN4O2. The van der Waals surface area contributed by atoms with Crippen molar-refractivity contribution in [2.45, 2.75) is 25.6 Å². The second-order valence-electron chi connectivity index (χ2n) is 5.66. The summed E-state index contributed by atoms with van der Waals surface area (Å²) in [7, 11) is 0. The lowest BCUT2D eigenvalue weighted by Gasteiger charge is -2.12. The van der Waals surface area contributed by atoms with Gasteiger partial charge in [0.15, 0.2) is 0 Å². The van der Waals surface area contributed by atoms with Gasteiger partial charge in [-0.1, -0.05) is 6.07 Å². The predicted molar refractivity (Wildman–Crippen MR) is 94.4 cm³/mol. The fourth-order valence-electron chi connectivity index (χ4n) is 2.92. The second kappa shape index (κ2) is 7.55. The first-order valence-corrected chi connectivity index (χ1v) is 7.81. The molecule has 4 rings (SSSR count). The Balaban J connectivity index is 0.00000182. The number of halogens is 1. The SMILES string of the molecule is Cl.OC1CCc2c(-c3cncnc3)cc(OCc3ccccn3)nc21. The third kappa shape index (κ3) is 3.60. The highest BCUT2D eigenvalue weighted by molar-refractivity contribution is 5.85. The van der Waals surface area contributed by atoms with Crippen LogP contribution in [-0.4, -0.2) is 25.0 Å². The third-order valence-electron chi connectivity index (χ3n) is 4.08. The quantitative estimate of drug-likeness (QED) is 0.774. The Morgan fingerprint density at radius 1 is 1.20 bits per heavy atom. The van der Waals surface area contributed by atoms with Crippen molar-refractivity contribution in [2.75, 3.05) is 0 Å². The van der Waals surface area contributed by atoms with E-state index < -0.39 is 6.10 Å². The van der Waals surface area contributed by atoms with E-state index >= 15 is 0 Å². The van der Waals surface area contributed by atoms with E-state index in [0.29, 0.717) is 24.6 Å². The molecule has 0 saturated heterocycles. The van der Waals surface area contributed by atoms with Crippen LogP contribution >= 0.6 is 12.4 Å². The molecule has 7 heteroatoms. The molecule has 3 aromatic heterocycles. The maximum Gasteiger partial charge on any atom is 0.214 e. The van der Waals surface area contributed by atoms with Gasteiger partial charge in [-0.2, -0.15) is 0 Å². The summed E-state index contributed by atoms with van der Waals surface area (Å²) in [5, 5.41) is 10.2. The van der Waals surface area contributed by atoms with E-state index in [1.165, 1.54) is 6.33 Å². The first-order chi connectivity index (χ1) is 11.8. The summed E-state index contributed by atoms with van der Waals surface area (Å²) in [4.78, 5) is 16.9. The zero-order valence-corrected chi connectivity index (χ0v) is 14.2. The van der Waals surface area contributed by atoms with Gasteiger partial charge in [-0.3, -0.25) is 4.98 Å². The fraction of sp³-hybridized carbons (Fsp3) is 0.222. The summed E-state index contributed by atoms with van der Waals surface area (Å²) in [6.45, 7) is 0.327. The van der Waals surface area contributed by atoms with Crippen molar-refractivity contribution in [1.82, 2.24) is 19.9 Å². The lowest BCUT2D eigenvalue weighted by atomic mass is 10.0. The van der Waals surface area contributed by atoms with Crippen molar-refractivity contribution < 1.29 is 9.84 Å². The lowest BCUT2D eigenvalue weighted by Crippen LogP contribution is -2.03. The van der Waals surface area contributed by atoms with E-state index in [1.807, 2.05) is 24.3 Å². The summed E-state index contributed by atoms with van der Waals surface area (Å²) >= 11 is 0. The molecule has 3 heterocycles. The number of aliphatic hydroxyl groups is 1. The van der Waals surface area contributed by atoms with Gasteiger partial charge in [0.1, 0.15) is 12.9 Å². The van der Waals surface area contributed by atoms with Crippen molar-refractivity contribution in [3.63, 3.8) is 0 Å². The maximum atomic E-state index is 10.2. The van der Waals surface area contributed by atoms with Crippen LogP contribution in [0.25, 0.3) is 11.1 Å². The number of ether oxygens (including phenoxy) is 1. The van der Waals surface area contributed by atoms with E-state index in [1.54, 1.807) is 18.6 Å². The fourth-order valence-corrected chi connectivity index (χ4v) is 2.92. The van der Waals surface area contributed by atoms with Crippen molar-refractivity contribution in [3.8, 4) is 17.0 Å². The Kier molecular flexibility index (Phi) is 5.21. The van der Waals surface area contributed by atoms with Crippen LogP contribution in [0.15, 0.2) is 49.2 Å². The Morgan fingerprint density at radius 2 is 2.04 bits per heavy atom. The monoisotopic (exact) mass is 356 g/mol. The molecule has 0 aromatic carbocycles. The minimum absolute atomic E-state index is 0. The normalized spacial score (nSPS) is 15.3. The first kappa shape index (κ1) is 17.3. The van der Waals surface area contributed by atoms with E-state index in [9.17, 15) is 5.11 Å². The molecule has 1 unspecified atom stereocenters. The Bertz CT molecular complexity index is 846. The lowest BCUT2D eigenvalue weighted by molar-refractivity contribution is 0.174. The largest absolute Gasteiger partial charge is 0.471 e. The molecule has 0 saturated carbocycles. The van der Waals surface area contributed by atoms with Crippen LogP contribution < -0.4 is 4.74 Å². The molecule has 1 atom stereocenters. The zero-order chi connectivity index (χ0) is 16.4. The second-order valence-corrected chi connectivity index (χ2v) is 5.66. The molecule has 0 spiro atoms. The van der Waals surface area contributed by atoms with E-state index in [4.69, 9.17) is 4.74 Å². The molecule has 1 aliphatic carbocycles. The molecule has 25 heavy (non-hydrogen) atoms. The van der Waals surface area contributed by atoms with Gasteiger partial charge in [0.05, 0.1) is 17.5 Å². The zero-order valence-electron chi connectivity index (χ0n) is 13.4. The molecule has 1 N–H and O–H groups in total. The third-order valence-corrected chi connectivity index (χ3v) is 4.08. The minimum Gasteiger partial charge on any atom is -0.471 e. The van der Waals surface area contributed by atoms with Gasteiger partial charge >= 0.3 is 0 Å². The summed E-state index contributed by atoms with van der Waals surface area (Å²) in [6, 6.07) is 7.56. The van der Waals surface area contributed by atoms with E-state index in [-0.39, 0.29) is 12.4 Å². The van der Waals surface area contributed by atoms with Crippen molar-refractivity contribution in [1.29, 1.82) is 0 Å². The van der Waals surface area contributed by atoms with Gasteiger partial charge in [-0.05, 0) is 36.1 Å². The number of fused-ring (bicyclic) bond motifs is 1. The highest BCUT2D eigenvalue weighted by Gasteiger charge is 2.26.